The van der Waals surface area contributed by atoms with E-state index in [4.69, 9.17) is 4.74 Å². The fourth-order valence-corrected chi connectivity index (χ4v) is 2.46. The third-order valence-electron chi connectivity index (χ3n) is 3.71. The Kier molecular flexibility index (Phi) is 6.43. The molecule has 4 heteroatoms. The second-order valence-corrected chi connectivity index (χ2v) is 5.47. The van der Waals surface area contributed by atoms with E-state index in [1.54, 1.807) is 0 Å². The van der Waals surface area contributed by atoms with E-state index in [-0.39, 0.29) is 0 Å². The predicted octanol–water partition coefficient (Wildman–Crippen LogP) is 2.19. The highest BCUT2D eigenvalue weighted by Crippen LogP contribution is 2.11. The Bertz CT molecular complexity index is 380. The topological polar surface area (TPSA) is 37.4 Å². The maximum absolute atomic E-state index is 5.70. The second-order valence-electron chi connectivity index (χ2n) is 5.47. The zero-order valence-electron chi connectivity index (χ0n) is 12.8. The SMILES string of the molecule is CCCNCc1ccc(CN2CCOC(CC)C2)nc1. The van der Waals surface area contributed by atoms with E-state index in [0.717, 1.165) is 51.4 Å². The summed E-state index contributed by atoms with van der Waals surface area (Å²) in [5, 5.41) is 3.40. The summed E-state index contributed by atoms with van der Waals surface area (Å²) < 4.78 is 5.70. The van der Waals surface area contributed by atoms with Crippen molar-refractivity contribution in [1.82, 2.24) is 15.2 Å². The maximum atomic E-state index is 5.70. The van der Waals surface area contributed by atoms with Gasteiger partial charge < -0.3 is 10.1 Å². The number of morpholine rings is 1. The summed E-state index contributed by atoms with van der Waals surface area (Å²) in [6.07, 6.45) is 4.64. The van der Waals surface area contributed by atoms with Crippen LogP contribution < -0.4 is 5.32 Å². The zero-order chi connectivity index (χ0) is 14.2. The number of nitrogens with one attached hydrogen (secondary N) is 1. The molecule has 1 aromatic heterocycles. The highest BCUT2D eigenvalue weighted by atomic mass is 16.5. The van der Waals surface area contributed by atoms with E-state index < -0.39 is 0 Å². The summed E-state index contributed by atoms with van der Waals surface area (Å²) in [5.41, 5.74) is 2.41. The maximum Gasteiger partial charge on any atom is 0.0700 e. The van der Waals surface area contributed by atoms with Gasteiger partial charge in [0.05, 0.1) is 18.4 Å². The largest absolute Gasteiger partial charge is 0.376 e. The van der Waals surface area contributed by atoms with E-state index in [1.165, 1.54) is 12.0 Å². The van der Waals surface area contributed by atoms with Gasteiger partial charge in [0.15, 0.2) is 0 Å². The summed E-state index contributed by atoms with van der Waals surface area (Å²) >= 11 is 0. The van der Waals surface area contributed by atoms with Gasteiger partial charge in [0.25, 0.3) is 0 Å². The fraction of sp³-hybridized carbons (Fsp3) is 0.688. The summed E-state index contributed by atoms with van der Waals surface area (Å²) in [7, 11) is 0. The smallest absolute Gasteiger partial charge is 0.0700 e. The first kappa shape index (κ1) is 15.4. The minimum atomic E-state index is 0.390. The molecule has 0 spiro atoms. The normalized spacial score (nSPS) is 20.2. The Morgan fingerprint density at radius 1 is 1.40 bits per heavy atom. The molecule has 0 aromatic carbocycles. The van der Waals surface area contributed by atoms with Crippen LogP contribution in [0.25, 0.3) is 0 Å². The van der Waals surface area contributed by atoms with Crippen LogP contribution in [0.2, 0.25) is 0 Å². The summed E-state index contributed by atoms with van der Waals surface area (Å²) in [4.78, 5) is 7.02. The van der Waals surface area contributed by atoms with Crippen molar-refractivity contribution in [2.24, 2.45) is 0 Å². The number of rotatable bonds is 7. The van der Waals surface area contributed by atoms with Gasteiger partial charge in [-0.2, -0.15) is 0 Å². The number of pyridine rings is 1. The van der Waals surface area contributed by atoms with Crippen molar-refractivity contribution in [1.29, 1.82) is 0 Å². The molecule has 1 aromatic rings. The van der Waals surface area contributed by atoms with Crippen molar-refractivity contribution in [3.63, 3.8) is 0 Å². The van der Waals surface area contributed by atoms with Crippen LogP contribution in [0.1, 0.15) is 37.9 Å². The molecule has 2 rings (SSSR count). The van der Waals surface area contributed by atoms with Crippen LogP contribution in [0.15, 0.2) is 18.3 Å². The van der Waals surface area contributed by atoms with Crippen molar-refractivity contribution in [2.75, 3.05) is 26.2 Å². The molecule has 4 nitrogen and oxygen atoms in total. The lowest BCUT2D eigenvalue weighted by Gasteiger charge is -2.32. The number of aromatic nitrogens is 1. The molecule has 112 valence electrons. The first-order valence-corrected chi connectivity index (χ1v) is 7.80. The summed E-state index contributed by atoms with van der Waals surface area (Å²) in [6.45, 7) is 10.2. The number of ether oxygens (including phenoxy) is 1. The molecule has 0 radical (unpaired) electrons. The Hall–Kier alpha value is -0.970. The molecule has 20 heavy (non-hydrogen) atoms. The lowest BCUT2D eigenvalue weighted by molar-refractivity contribution is -0.0328. The third-order valence-corrected chi connectivity index (χ3v) is 3.71. The fourth-order valence-electron chi connectivity index (χ4n) is 2.46. The third kappa shape index (κ3) is 4.85. The molecule has 1 saturated heterocycles. The average molecular weight is 277 g/mol. The van der Waals surface area contributed by atoms with Gasteiger partial charge in [-0.05, 0) is 31.0 Å². The van der Waals surface area contributed by atoms with E-state index in [0.29, 0.717) is 6.10 Å². The van der Waals surface area contributed by atoms with Crippen LogP contribution >= 0.6 is 0 Å². The monoisotopic (exact) mass is 277 g/mol. The van der Waals surface area contributed by atoms with Crippen molar-refractivity contribution >= 4 is 0 Å². The van der Waals surface area contributed by atoms with Crippen molar-refractivity contribution < 1.29 is 4.74 Å². The van der Waals surface area contributed by atoms with Gasteiger partial charge >= 0.3 is 0 Å². The minimum Gasteiger partial charge on any atom is -0.376 e. The van der Waals surface area contributed by atoms with Crippen LogP contribution in [0.4, 0.5) is 0 Å². The molecule has 1 unspecified atom stereocenters. The Balaban J connectivity index is 1.80. The van der Waals surface area contributed by atoms with Gasteiger partial charge in [-0.3, -0.25) is 9.88 Å². The average Bonchev–Trinajstić information content (AvgIpc) is 2.49. The van der Waals surface area contributed by atoms with Gasteiger partial charge in [0.2, 0.25) is 0 Å². The van der Waals surface area contributed by atoms with E-state index >= 15 is 0 Å². The lowest BCUT2D eigenvalue weighted by atomic mass is 10.2. The number of hydrogen-bond donors (Lipinski definition) is 1. The standard InChI is InChI=1S/C16H27N3O/c1-3-7-17-10-14-5-6-15(18-11-14)12-19-8-9-20-16(4-2)13-19/h5-6,11,16-17H,3-4,7-10,12-13H2,1-2H3. The molecule has 1 fully saturated rings. The molecule has 1 N–H and O–H groups in total. The van der Waals surface area contributed by atoms with Crippen molar-refractivity contribution in [3.05, 3.63) is 29.6 Å². The molecular formula is C16H27N3O. The molecule has 0 amide bonds. The Morgan fingerprint density at radius 3 is 3.00 bits per heavy atom. The zero-order valence-corrected chi connectivity index (χ0v) is 12.8. The molecule has 0 aliphatic carbocycles. The van der Waals surface area contributed by atoms with Gasteiger partial charge in [-0.25, -0.2) is 0 Å². The molecule has 0 bridgehead atoms. The highest BCUT2D eigenvalue weighted by Gasteiger charge is 2.19. The predicted molar refractivity (Wildman–Crippen MR) is 81.5 cm³/mol. The quantitative estimate of drug-likeness (QED) is 0.775. The van der Waals surface area contributed by atoms with Gasteiger partial charge in [0.1, 0.15) is 0 Å². The Labute approximate surface area is 122 Å². The Morgan fingerprint density at radius 2 is 2.30 bits per heavy atom. The molecule has 1 aliphatic heterocycles. The molecule has 1 atom stereocenters. The first-order valence-electron chi connectivity index (χ1n) is 7.80. The minimum absolute atomic E-state index is 0.390. The van der Waals surface area contributed by atoms with E-state index in [9.17, 15) is 0 Å². The highest BCUT2D eigenvalue weighted by molar-refractivity contribution is 5.14. The molecule has 0 saturated carbocycles. The molecule has 1 aliphatic rings. The van der Waals surface area contributed by atoms with Crippen LogP contribution in [-0.4, -0.2) is 42.2 Å². The summed E-state index contributed by atoms with van der Waals surface area (Å²) in [5.74, 6) is 0. The number of nitrogens with zero attached hydrogens (tertiary/aromatic N) is 2. The first-order chi connectivity index (χ1) is 9.81. The van der Waals surface area contributed by atoms with Crippen LogP contribution in [0.3, 0.4) is 0 Å². The van der Waals surface area contributed by atoms with Crippen molar-refractivity contribution in [2.45, 2.75) is 45.9 Å². The van der Waals surface area contributed by atoms with Crippen LogP contribution in [-0.2, 0) is 17.8 Å². The lowest BCUT2D eigenvalue weighted by Crippen LogP contribution is -2.41. The van der Waals surface area contributed by atoms with Gasteiger partial charge in [-0.15, -0.1) is 0 Å². The van der Waals surface area contributed by atoms with Crippen LogP contribution in [0, 0.1) is 0 Å². The molecular weight excluding hydrogens is 250 g/mol. The molecule has 2 heterocycles. The second kappa shape index (κ2) is 8.35. The van der Waals surface area contributed by atoms with Crippen LogP contribution in [0.5, 0.6) is 0 Å². The number of hydrogen-bond acceptors (Lipinski definition) is 4. The van der Waals surface area contributed by atoms with Gasteiger partial charge in [-0.1, -0.05) is 19.9 Å². The van der Waals surface area contributed by atoms with Gasteiger partial charge in [0, 0.05) is 32.4 Å². The van der Waals surface area contributed by atoms with E-state index in [2.05, 4.69) is 41.2 Å². The van der Waals surface area contributed by atoms with E-state index in [1.807, 2.05) is 6.20 Å². The summed E-state index contributed by atoms with van der Waals surface area (Å²) in [6, 6.07) is 4.34. The van der Waals surface area contributed by atoms with Crippen molar-refractivity contribution in [3.8, 4) is 0 Å².